The number of hydrogen-bond acceptors (Lipinski definition) is 1. The molecule has 0 saturated heterocycles. The summed E-state index contributed by atoms with van der Waals surface area (Å²) in [6, 6.07) is 0. The van der Waals surface area contributed by atoms with Crippen LogP contribution in [-0.2, 0) is 21.9 Å². The van der Waals surface area contributed by atoms with E-state index < -0.39 is 8.07 Å². The van der Waals surface area contributed by atoms with Crippen LogP contribution in [-0.4, -0.2) is 14.4 Å². The van der Waals surface area contributed by atoms with Gasteiger partial charge in [0.1, 0.15) is 6.29 Å². The monoisotopic (exact) mass is 286 g/mol. The summed E-state index contributed by atoms with van der Waals surface area (Å²) in [5, 5.41) is 0. The largest absolute Gasteiger partial charge is 0.303 e. The SMILES string of the molecule is C[Si](C)(C)[C]1[CH][CH][CH][C]1C=O.[CH]1[CH][CH][CH][CH]1.[Fe]. The van der Waals surface area contributed by atoms with Gasteiger partial charge in [0, 0.05) is 23.0 Å². The predicted octanol–water partition coefficient (Wildman–Crippen LogP) is 2.86. The Labute approximate surface area is 119 Å². The van der Waals surface area contributed by atoms with Crippen LogP contribution >= 0.6 is 0 Å². The first-order valence-electron chi connectivity index (χ1n) is 5.44. The van der Waals surface area contributed by atoms with E-state index in [-0.39, 0.29) is 17.1 Å². The molecule has 2 rings (SSSR count). The fourth-order valence-corrected chi connectivity index (χ4v) is 3.15. The maximum Gasteiger partial charge on any atom is 0.127 e. The van der Waals surface area contributed by atoms with E-state index in [0.717, 1.165) is 12.2 Å². The molecule has 0 atom stereocenters. The van der Waals surface area contributed by atoms with Crippen LogP contribution in [0.2, 0.25) is 19.6 Å². The number of rotatable bonds is 2. The zero-order valence-corrected chi connectivity index (χ0v) is 12.6. The summed E-state index contributed by atoms with van der Waals surface area (Å²) in [6.45, 7) is 6.74. The fraction of sp³-hybridized carbons (Fsp3) is 0.214. The maximum absolute atomic E-state index is 10.6. The molecule has 2 aliphatic carbocycles. The Balaban J connectivity index is 0.000000360. The molecule has 0 aromatic rings. The summed E-state index contributed by atoms with van der Waals surface area (Å²) in [4.78, 5) is 10.6. The molecule has 10 radical (unpaired) electrons. The van der Waals surface area contributed by atoms with Gasteiger partial charge in [-0.25, -0.2) is 0 Å². The van der Waals surface area contributed by atoms with E-state index in [4.69, 9.17) is 0 Å². The molecule has 0 bridgehead atoms. The molecule has 17 heavy (non-hydrogen) atoms. The summed E-state index contributed by atoms with van der Waals surface area (Å²) < 4.78 is 0. The molecule has 3 heteroatoms. The van der Waals surface area contributed by atoms with Gasteiger partial charge in [-0.1, -0.05) is 19.6 Å². The number of carbonyl (C=O) groups excluding carboxylic acids is 1. The molecular formula is C14H18FeOSi. The van der Waals surface area contributed by atoms with Crippen molar-refractivity contribution in [1.82, 2.24) is 0 Å². The Morgan fingerprint density at radius 2 is 1.35 bits per heavy atom. The van der Waals surface area contributed by atoms with Gasteiger partial charge in [-0.05, 0) is 56.9 Å². The Morgan fingerprint density at radius 3 is 1.65 bits per heavy atom. The molecule has 1 nitrogen and oxygen atoms in total. The van der Waals surface area contributed by atoms with Gasteiger partial charge in [-0.3, -0.25) is 0 Å². The Hall–Kier alpha value is 0.406. The van der Waals surface area contributed by atoms with Gasteiger partial charge in [0.15, 0.2) is 0 Å². The molecular weight excluding hydrogens is 268 g/mol. The van der Waals surface area contributed by atoms with Crippen LogP contribution in [0.15, 0.2) is 0 Å². The summed E-state index contributed by atoms with van der Waals surface area (Å²) in [5.74, 6) is 0.879. The molecule has 0 aliphatic heterocycles. The van der Waals surface area contributed by atoms with Gasteiger partial charge >= 0.3 is 0 Å². The van der Waals surface area contributed by atoms with Crippen LogP contribution in [0.25, 0.3) is 0 Å². The van der Waals surface area contributed by atoms with Crippen molar-refractivity contribution < 1.29 is 21.9 Å². The fourth-order valence-electron chi connectivity index (χ4n) is 1.54. The second kappa shape index (κ2) is 8.50. The first-order chi connectivity index (χ1) is 7.55. The Morgan fingerprint density at radius 1 is 0.882 bits per heavy atom. The molecule has 0 unspecified atom stereocenters. The average molecular weight is 286 g/mol. The molecule has 2 saturated carbocycles. The molecule has 92 valence electrons. The predicted molar refractivity (Wildman–Crippen MR) is 70.3 cm³/mol. The van der Waals surface area contributed by atoms with Crippen molar-refractivity contribution in [3.8, 4) is 0 Å². The van der Waals surface area contributed by atoms with Crippen LogP contribution in [0, 0.1) is 62.8 Å². The van der Waals surface area contributed by atoms with Crippen molar-refractivity contribution in [2.45, 2.75) is 19.6 Å². The molecule has 2 fully saturated rings. The molecule has 0 heterocycles. The van der Waals surface area contributed by atoms with Crippen LogP contribution in [0.4, 0.5) is 0 Å². The smallest absolute Gasteiger partial charge is 0.127 e. The average Bonchev–Trinajstić information content (AvgIpc) is 2.91. The molecule has 0 aromatic carbocycles. The van der Waals surface area contributed by atoms with Crippen molar-refractivity contribution in [2.75, 3.05) is 0 Å². The van der Waals surface area contributed by atoms with Gasteiger partial charge in [-0.2, -0.15) is 0 Å². The van der Waals surface area contributed by atoms with E-state index in [1.54, 1.807) is 0 Å². The van der Waals surface area contributed by atoms with Crippen molar-refractivity contribution in [3.05, 3.63) is 62.8 Å². The molecule has 2 aliphatic rings. The Kier molecular flexibility index (Phi) is 8.70. The van der Waals surface area contributed by atoms with Crippen LogP contribution in [0.3, 0.4) is 0 Å². The number of hydrogen-bond donors (Lipinski definition) is 0. The third kappa shape index (κ3) is 6.22. The van der Waals surface area contributed by atoms with Gasteiger partial charge in [-0.15, -0.1) is 0 Å². The van der Waals surface area contributed by atoms with Crippen molar-refractivity contribution in [3.63, 3.8) is 0 Å². The van der Waals surface area contributed by atoms with Crippen LogP contribution in [0.5, 0.6) is 0 Å². The molecule has 0 aromatic heterocycles. The quantitative estimate of drug-likeness (QED) is 0.563. The van der Waals surface area contributed by atoms with E-state index in [1.807, 2.05) is 44.9 Å². The van der Waals surface area contributed by atoms with Crippen LogP contribution < -0.4 is 0 Å². The zero-order chi connectivity index (χ0) is 12.0. The van der Waals surface area contributed by atoms with Crippen LogP contribution in [0.1, 0.15) is 0 Å². The minimum atomic E-state index is -1.28. The molecule has 0 N–H and O–H groups in total. The number of carbonyl (C=O) groups is 1. The summed E-state index contributed by atoms with van der Waals surface area (Å²) in [5.41, 5.74) is 1.27. The van der Waals surface area contributed by atoms with Crippen molar-refractivity contribution >= 4 is 14.4 Å². The topological polar surface area (TPSA) is 17.1 Å². The van der Waals surface area contributed by atoms with Gasteiger partial charge in [0.25, 0.3) is 0 Å². The standard InChI is InChI=1S/C9H13OSi.C5H5.Fe/c1-11(2,3)9-6-4-5-8(9)7-10;1-2-4-5-3-1;/h4-7H,1-3H3;1-5H;. The van der Waals surface area contributed by atoms with Crippen molar-refractivity contribution in [2.24, 2.45) is 0 Å². The normalized spacial score (nSPS) is 21.6. The van der Waals surface area contributed by atoms with Gasteiger partial charge in [0.05, 0.1) is 8.07 Å². The van der Waals surface area contributed by atoms with Crippen molar-refractivity contribution in [1.29, 1.82) is 0 Å². The first-order valence-corrected chi connectivity index (χ1v) is 8.94. The minimum Gasteiger partial charge on any atom is -0.303 e. The van der Waals surface area contributed by atoms with Gasteiger partial charge in [0.2, 0.25) is 0 Å². The second-order valence-corrected chi connectivity index (χ2v) is 9.76. The zero-order valence-electron chi connectivity index (χ0n) is 10.5. The van der Waals surface area contributed by atoms with E-state index >= 15 is 0 Å². The Bertz CT molecular complexity index is 201. The van der Waals surface area contributed by atoms with E-state index in [9.17, 15) is 4.79 Å². The third-order valence-corrected chi connectivity index (χ3v) is 4.41. The second-order valence-electron chi connectivity index (χ2n) is 4.72. The maximum atomic E-state index is 10.6. The summed E-state index contributed by atoms with van der Waals surface area (Å²) in [6.07, 6.45) is 16.9. The third-order valence-electron chi connectivity index (χ3n) is 2.34. The number of aldehydes is 1. The first kappa shape index (κ1) is 17.4. The summed E-state index contributed by atoms with van der Waals surface area (Å²) >= 11 is 0. The summed E-state index contributed by atoms with van der Waals surface area (Å²) in [7, 11) is -1.28. The molecule has 0 spiro atoms. The van der Waals surface area contributed by atoms with E-state index in [2.05, 4.69) is 26.1 Å². The van der Waals surface area contributed by atoms with E-state index in [0.29, 0.717) is 0 Å². The van der Waals surface area contributed by atoms with E-state index in [1.165, 1.54) is 5.54 Å². The minimum absolute atomic E-state index is 0. The van der Waals surface area contributed by atoms with Gasteiger partial charge < -0.3 is 4.79 Å². The molecule has 0 amide bonds.